The van der Waals surface area contributed by atoms with Crippen LogP contribution >= 0.6 is 9.95 Å². The van der Waals surface area contributed by atoms with Crippen molar-refractivity contribution >= 4 is 23.9 Å². The minimum absolute atomic E-state index is 3.11. The quantitative estimate of drug-likeness (QED) is 0.460. The molecule has 0 heterocycles. The summed E-state index contributed by atoms with van der Waals surface area (Å²) in [5.41, 5.74) is 0. The Morgan fingerprint density at radius 1 is 2.00 bits per heavy atom. The van der Waals surface area contributed by atoms with Gasteiger partial charge in [0.05, 0.1) is 0 Å². The zero-order chi connectivity index (χ0) is 3.58. The van der Waals surface area contributed by atoms with E-state index in [1.165, 1.54) is 0 Å². The zero-order valence-electron chi connectivity index (χ0n) is 1.73. The van der Waals surface area contributed by atoms with Gasteiger partial charge in [0.1, 0.15) is 0 Å². The van der Waals surface area contributed by atoms with Gasteiger partial charge >= 0.3 is 31.8 Å². The Morgan fingerprint density at radius 3 is 2.00 bits per heavy atom. The number of hydrogen-bond donors (Lipinski definition) is 1. The molecule has 1 N–H and O–H groups in total. The van der Waals surface area contributed by atoms with Crippen molar-refractivity contribution in [2.75, 3.05) is 0 Å². The maximum absolute atomic E-state index is 9.02. The van der Waals surface area contributed by atoms with E-state index < -0.39 is 14.0 Å². The number of halogens is 1. The van der Waals surface area contributed by atoms with Gasteiger partial charge in [-0.1, -0.05) is 0 Å². The van der Waals surface area contributed by atoms with E-state index in [-0.39, 0.29) is 0 Å². The summed E-state index contributed by atoms with van der Waals surface area (Å²) in [6, 6.07) is 0. The Balaban J connectivity index is 2.80. The van der Waals surface area contributed by atoms with Gasteiger partial charge in [0.15, 0.2) is 0 Å². The Morgan fingerprint density at radius 2 is 2.00 bits per heavy atom. The molecule has 0 saturated carbocycles. The fourth-order valence-corrected chi connectivity index (χ4v) is 0. The molecule has 4 heteroatoms. The van der Waals surface area contributed by atoms with Crippen LogP contribution in [-0.2, 0) is 3.74 Å². The Labute approximate surface area is 32.4 Å². The summed E-state index contributed by atoms with van der Waals surface area (Å²) < 4.78 is 16.4. The van der Waals surface area contributed by atoms with E-state index in [4.69, 9.17) is 7.84 Å². The van der Waals surface area contributed by atoms with Gasteiger partial charge in [0, 0.05) is 0 Å². The van der Waals surface area contributed by atoms with E-state index >= 15 is 0 Å². The molecule has 0 bridgehead atoms. The van der Waals surface area contributed by atoms with Crippen LogP contribution in [0.5, 0.6) is 0 Å². The Hall–Kier alpha value is 0.608. The predicted octanol–water partition coefficient (Wildman–Crippen LogP) is -0.635. The summed E-state index contributed by atoms with van der Waals surface area (Å²) >= 11 is -3.11. The van der Waals surface area contributed by atoms with Crippen LogP contribution < -0.4 is 0 Å². The van der Waals surface area contributed by atoms with Crippen LogP contribution in [0.2, 0.25) is 0 Å². The van der Waals surface area contributed by atoms with Crippen LogP contribution in [0.3, 0.4) is 0 Å². The van der Waals surface area contributed by atoms with Crippen molar-refractivity contribution in [3.63, 3.8) is 0 Å². The molecule has 2 nitrogen and oxygen atoms in total. The molecular weight excluding hydrogens is 142 g/mol. The van der Waals surface area contributed by atoms with Crippen LogP contribution in [0.4, 0.5) is 0 Å². The summed E-state index contributed by atoms with van der Waals surface area (Å²) in [5, 5.41) is 0. The van der Waals surface area contributed by atoms with Gasteiger partial charge in [-0.05, 0) is 0 Å². The molecule has 0 amide bonds. The first-order valence-corrected chi connectivity index (χ1v) is 5.17. The Bertz CT molecular complexity index is 29.0. The van der Waals surface area contributed by atoms with Gasteiger partial charge in [0.25, 0.3) is 0 Å². The molecule has 4 heavy (non-hydrogen) atoms. The summed E-state index contributed by atoms with van der Waals surface area (Å²) in [5.74, 6) is 0. The molecule has 0 fully saturated rings. The summed E-state index contributed by atoms with van der Waals surface area (Å²) in [7, 11) is 4.44. The van der Waals surface area contributed by atoms with E-state index in [1.54, 1.807) is 0 Å². The SMILES string of the molecule is O=[AsH](O)Cl. The number of rotatable bonds is 0. The van der Waals surface area contributed by atoms with Crippen LogP contribution in [0.1, 0.15) is 0 Å². The summed E-state index contributed by atoms with van der Waals surface area (Å²) in [6.45, 7) is 0. The third kappa shape index (κ3) is 18.2. The molecule has 0 rings (SSSR count). The molecule has 26 valence electrons. The summed E-state index contributed by atoms with van der Waals surface area (Å²) in [6.07, 6.45) is 0. The van der Waals surface area contributed by atoms with E-state index in [9.17, 15) is 0 Å². The van der Waals surface area contributed by atoms with Gasteiger partial charge in [0.2, 0.25) is 0 Å². The molecule has 0 aliphatic rings. The van der Waals surface area contributed by atoms with Crippen LogP contribution in [0.15, 0.2) is 0 Å². The standard InChI is InChI=1S/AsClH2O2/c2-1(3)4/h1H,(H,3,4). The van der Waals surface area contributed by atoms with Crippen LogP contribution in [0.25, 0.3) is 0 Å². The van der Waals surface area contributed by atoms with Crippen molar-refractivity contribution in [2.24, 2.45) is 0 Å². The maximum atomic E-state index is 9.02. The fourth-order valence-electron chi connectivity index (χ4n) is 0. The first-order chi connectivity index (χ1) is 1.73. The van der Waals surface area contributed by atoms with Crippen LogP contribution in [-0.4, -0.2) is 18.1 Å². The van der Waals surface area contributed by atoms with E-state index in [2.05, 4.69) is 9.95 Å². The molecule has 0 saturated heterocycles. The molecule has 0 radical (unpaired) electrons. The second-order valence-electron chi connectivity index (χ2n) is 0.253. The minimum atomic E-state index is -3.11. The van der Waals surface area contributed by atoms with Crippen molar-refractivity contribution in [3.05, 3.63) is 0 Å². The van der Waals surface area contributed by atoms with E-state index in [0.29, 0.717) is 0 Å². The molecular formula is H2AsClO2. The molecule has 0 spiro atoms. The molecule has 0 aliphatic carbocycles. The number of hydrogen-bond acceptors (Lipinski definition) is 1. The molecule has 0 aromatic carbocycles. The molecule has 0 aromatic rings. The predicted molar refractivity (Wildman–Crippen MR) is 15.9 cm³/mol. The monoisotopic (exact) mass is 144 g/mol. The van der Waals surface area contributed by atoms with Gasteiger partial charge in [-0.3, -0.25) is 0 Å². The first-order valence-electron chi connectivity index (χ1n) is 0.617. The van der Waals surface area contributed by atoms with E-state index in [0.717, 1.165) is 0 Å². The van der Waals surface area contributed by atoms with Crippen molar-refractivity contribution < 1.29 is 7.84 Å². The van der Waals surface area contributed by atoms with Gasteiger partial charge < -0.3 is 0 Å². The van der Waals surface area contributed by atoms with Crippen molar-refractivity contribution in [3.8, 4) is 0 Å². The van der Waals surface area contributed by atoms with E-state index in [1.807, 2.05) is 0 Å². The molecule has 1 atom stereocenters. The molecule has 0 aliphatic heterocycles. The van der Waals surface area contributed by atoms with Crippen molar-refractivity contribution in [2.45, 2.75) is 0 Å². The topological polar surface area (TPSA) is 37.3 Å². The van der Waals surface area contributed by atoms with Crippen molar-refractivity contribution in [1.82, 2.24) is 0 Å². The average molecular weight is 144 g/mol. The molecule has 0 aromatic heterocycles. The second kappa shape index (κ2) is 1.89. The third-order valence-electron chi connectivity index (χ3n) is 0. The van der Waals surface area contributed by atoms with Gasteiger partial charge in [-0.15, -0.1) is 0 Å². The fraction of sp³-hybridized carbons (Fsp3) is 0. The third-order valence-corrected chi connectivity index (χ3v) is 0. The first kappa shape index (κ1) is 4.61. The Kier molecular flexibility index (Phi) is 2.17. The van der Waals surface area contributed by atoms with Crippen molar-refractivity contribution in [1.29, 1.82) is 0 Å². The second-order valence-corrected chi connectivity index (χ2v) is 2.99. The van der Waals surface area contributed by atoms with Gasteiger partial charge in [-0.25, -0.2) is 0 Å². The molecule has 1 unspecified atom stereocenters. The van der Waals surface area contributed by atoms with Crippen LogP contribution in [0, 0.1) is 0 Å². The summed E-state index contributed by atoms with van der Waals surface area (Å²) in [4.78, 5) is 0. The zero-order valence-corrected chi connectivity index (χ0v) is 4.59. The van der Waals surface area contributed by atoms with Gasteiger partial charge in [-0.2, -0.15) is 0 Å². The normalized spacial score (nSPS) is 15.5. The average Bonchev–Trinajstić information content (AvgIpc) is 0.811.